The van der Waals surface area contributed by atoms with E-state index in [4.69, 9.17) is 12.2 Å². The lowest BCUT2D eigenvalue weighted by Crippen LogP contribution is -2.56. The first-order chi connectivity index (χ1) is 8.35. The third kappa shape index (κ3) is 3.07. The molecule has 0 saturated carbocycles. The minimum Gasteiger partial charge on any atom is -0.339 e. The zero-order valence-corrected chi connectivity index (χ0v) is 12.9. The summed E-state index contributed by atoms with van der Waals surface area (Å²) in [5, 5.41) is 13.2. The van der Waals surface area contributed by atoms with Crippen molar-refractivity contribution in [3.63, 3.8) is 0 Å². The summed E-state index contributed by atoms with van der Waals surface area (Å²) >= 11 is 6.86. The van der Waals surface area contributed by atoms with Crippen LogP contribution in [0.3, 0.4) is 0 Å². The molecule has 0 aromatic heterocycles. The van der Waals surface area contributed by atoms with Crippen LogP contribution in [0.15, 0.2) is 0 Å². The number of thiocarbonyl (C=S) groups is 1. The third-order valence-corrected chi connectivity index (χ3v) is 4.54. The Morgan fingerprint density at radius 1 is 1.67 bits per heavy atom. The maximum absolute atomic E-state index is 11.6. The fourth-order valence-electron chi connectivity index (χ4n) is 2.01. The van der Waals surface area contributed by atoms with Crippen LogP contribution in [0.4, 0.5) is 4.79 Å². The van der Waals surface area contributed by atoms with Gasteiger partial charge in [0.1, 0.15) is 10.5 Å². The van der Waals surface area contributed by atoms with Gasteiger partial charge >= 0.3 is 6.03 Å². The van der Waals surface area contributed by atoms with Crippen molar-refractivity contribution in [3.8, 4) is 0 Å². The Kier molecular flexibility index (Phi) is 5.24. The second kappa shape index (κ2) is 6.08. The highest BCUT2D eigenvalue weighted by Crippen LogP contribution is 2.42. The molecule has 104 valence electrons. The number of unbranched alkanes of at least 4 members (excludes halogenated alkanes) is 1. The van der Waals surface area contributed by atoms with Gasteiger partial charge in [-0.05, 0) is 20.3 Å². The first-order valence-electron chi connectivity index (χ1n) is 6.04. The van der Waals surface area contributed by atoms with Crippen LogP contribution >= 0.6 is 24.0 Å². The van der Waals surface area contributed by atoms with Crippen LogP contribution in [0, 0.1) is 0 Å². The lowest BCUT2D eigenvalue weighted by molar-refractivity contribution is -0.118. The number of carbonyl (C=O) groups is 1. The highest BCUT2D eigenvalue weighted by Gasteiger charge is 2.48. The topological polar surface area (TPSA) is 55.8 Å². The minimum absolute atomic E-state index is 0.327. The maximum atomic E-state index is 11.6. The van der Waals surface area contributed by atoms with E-state index in [0.717, 1.165) is 28.8 Å². The molecule has 5 nitrogen and oxygen atoms in total. The zero-order chi connectivity index (χ0) is 13.9. The van der Waals surface area contributed by atoms with Crippen molar-refractivity contribution in [2.24, 2.45) is 0 Å². The van der Waals surface area contributed by atoms with Crippen molar-refractivity contribution >= 4 is 34.3 Å². The average molecular weight is 291 g/mol. The van der Waals surface area contributed by atoms with Gasteiger partial charge in [0.25, 0.3) is 0 Å². The summed E-state index contributed by atoms with van der Waals surface area (Å²) in [6.45, 7) is 6.81. The molecule has 0 aromatic rings. The molecule has 1 aliphatic heterocycles. The predicted octanol–water partition coefficient (Wildman–Crippen LogP) is 2.26. The number of hydrogen-bond donors (Lipinski definition) is 2. The second-order valence-corrected chi connectivity index (χ2v) is 7.08. The number of thioether (sulfide) groups is 1. The van der Waals surface area contributed by atoms with Gasteiger partial charge in [-0.15, -0.1) is 0 Å². The quantitative estimate of drug-likeness (QED) is 0.473. The van der Waals surface area contributed by atoms with Crippen LogP contribution in [0.2, 0.25) is 0 Å². The van der Waals surface area contributed by atoms with Gasteiger partial charge < -0.3 is 10.2 Å². The molecular formula is C11H21N3O2S2. The predicted molar refractivity (Wildman–Crippen MR) is 77.8 cm³/mol. The van der Waals surface area contributed by atoms with Gasteiger partial charge in [0.15, 0.2) is 0 Å². The summed E-state index contributed by atoms with van der Waals surface area (Å²) in [7, 11) is 1.50. The van der Waals surface area contributed by atoms with Gasteiger partial charge in [0.2, 0.25) is 0 Å². The lowest BCUT2D eigenvalue weighted by atomic mass is 10.1. The molecule has 1 aliphatic rings. The Hall–Kier alpha value is -0.530. The first-order valence-corrected chi connectivity index (χ1v) is 7.27. The number of urea groups is 1. The SMILES string of the molecule is CCCCN1C(=S)SC(C)(C)[C@@H]1N(O)C(=O)NC. The Balaban J connectivity index is 2.92. The van der Waals surface area contributed by atoms with E-state index in [-0.39, 0.29) is 4.75 Å². The molecule has 0 radical (unpaired) electrons. The number of nitrogens with zero attached hydrogens (tertiary/aromatic N) is 2. The van der Waals surface area contributed by atoms with Gasteiger partial charge in [-0.25, -0.2) is 4.79 Å². The minimum atomic E-state index is -0.514. The van der Waals surface area contributed by atoms with E-state index in [1.807, 2.05) is 18.7 Å². The fraction of sp³-hybridized carbons (Fsp3) is 0.818. The highest BCUT2D eigenvalue weighted by molar-refractivity contribution is 8.24. The van der Waals surface area contributed by atoms with E-state index in [1.54, 1.807) is 0 Å². The first kappa shape index (κ1) is 15.5. The number of amides is 2. The van der Waals surface area contributed by atoms with Crippen molar-refractivity contribution < 1.29 is 10.0 Å². The summed E-state index contributed by atoms with van der Waals surface area (Å²) < 4.78 is 0.410. The second-order valence-electron chi connectivity index (χ2n) is 4.79. The fourth-order valence-corrected chi connectivity index (χ4v) is 3.93. The van der Waals surface area contributed by atoms with Crippen molar-refractivity contribution in [2.45, 2.75) is 44.5 Å². The maximum Gasteiger partial charge on any atom is 0.342 e. The number of rotatable bonds is 4. The van der Waals surface area contributed by atoms with Crippen molar-refractivity contribution in [1.82, 2.24) is 15.3 Å². The molecule has 2 N–H and O–H groups in total. The molecule has 2 amide bonds. The molecule has 1 fully saturated rings. The summed E-state index contributed by atoms with van der Waals surface area (Å²) in [4.78, 5) is 13.5. The number of hydrogen-bond acceptors (Lipinski definition) is 4. The van der Waals surface area contributed by atoms with E-state index >= 15 is 0 Å². The van der Waals surface area contributed by atoms with Gasteiger partial charge in [-0.1, -0.05) is 37.3 Å². The smallest absolute Gasteiger partial charge is 0.339 e. The average Bonchev–Trinajstić information content (AvgIpc) is 2.53. The monoisotopic (exact) mass is 291 g/mol. The van der Waals surface area contributed by atoms with E-state index in [2.05, 4.69) is 12.2 Å². The van der Waals surface area contributed by atoms with Crippen LogP contribution in [0.25, 0.3) is 0 Å². The largest absolute Gasteiger partial charge is 0.342 e. The summed E-state index contributed by atoms with van der Waals surface area (Å²) in [5.74, 6) is 0. The van der Waals surface area contributed by atoms with E-state index in [1.165, 1.54) is 18.8 Å². The molecule has 0 spiro atoms. The molecule has 0 bridgehead atoms. The molecule has 7 heteroatoms. The molecule has 1 saturated heterocycles. The van der Waals surface area contributed by atoms with Crippen LogP contribution in [-0.2, 0) is 0 Å². The van der Waals surface area contributed by atoms with Crippen LogP contribution in [0.1, 0.15) is 33.6 Å². The molecular weight excluding hydrogens is 270 g/mol. The zero-order valence-electron chi connectivity index (χ0n) is 11.3. The van der Waals surface area contributed by atoms with Crippen molar-refractivity contribution in [3.05, 3.63) is 0 Å². The molecule has 18 heavy (non-hydrogen) atoms. The summed E-state index contributed by atoms with van der Waals surface area (Å²) in [6.07, 6.45) is 1.60. The Morgan fingerprint density at radius 2 is 2.28 bits per heavy atom. The van der Waals surface area contributed by atoms with Crippen molar-refractivity contribution in [2.75, 3.05) is 13.6 Å². The molecule has 1 heterocycles. The molecule has 0 unspecified atom stereocenters. The van der Waals surface area contributed by atoms with Gasteiger partial charge in [-0.3, -0.25) is 5.21 Å². The third-order valence-electron chi connectivity index (χ3n) is 2.91. The Labute approximate surface area is 118 Å². The number of carbonyl (C=O) groups excluding carboxylic acids is 1. The van der Waals surface area contributed by atoms with Gasteiger partial charge in [-0.2, -0.15) is 5.06 Å². The van der Waals surface area contributed by atoms with E-state index in [0.29, 0.717) is 0 Å². The van der Waals surface area contributed by atoms with Gasteiger partial charge in [0.05, 0.1) is 4.75 Å². The Bertz CT molecular complexity index is 336. The van der Waals surface area contributed by atoms with E-state index in [9.17, 15) is 10.0 Å². The van der Waals surface area contributed by atoms with Crippen LogP contribution in [0.5, 0.6) is 0 Å². The van der Waals surface area contributed by atoms with Gasteiger partial charge in [0, 0.05) is 13.6 Å². The normalized spacial score (nSPS) is 22.2. The Morgan fingerprint density at radius 3 is 2.78 bits per heavy atom. The van der Waals surface area contributed by atoms with E-state index < -0.39 is 12.2 Å². The highest BCUT2D eigenvalue weighted by atomic mass is 32.2. The van der Waals surface area contributed by atoms with Crippen LogP contribution < -0.4 is 5.32 Å². The van der Waals surface area contributed by atoms with Crippen LogP contribution in [-0.4, -0.2) is 50.0 Å². The summed E-state index contributed by atoms with van der Waals surface area (Å²) in [6, 6.07) is -0.514. The standard InChI is InChI=1S/C11H21N3O2S2/c1-5-6-7-13-8(14(16)9(15)12-4)11(2,3)18-10(13)17/h8,16H,5-7H2,1-4H3,(H,12,15)/t8-/m0/s1. The lowest BCUT2D eigenvalue weighted by Gasteiger charge is -2.36. The van der Waals surface area contributed by atoms with Crippen molar-refractivity contribution in [1.29, 1.82) is 0 Å². The number of hydroxylamine groups is 2. The molecule has 1 rings (SSSR count). The molecule has 0 aromatic carbocycles. The molecule has 1 atom stereocenters. The number of nitrogens with one attached hydrogen (secondary N) is 1. The summed E-state index contributed by atoms with van der Waals surface area (Å²) in [5.41, 5.74) is 0. The molecule has 0 aliphatic carbocycles.